The number of amides is 2. The number of likely N-dealkylation sites (N-methyl/N-ethyl adjacent to an activating group) is 1. The van der Waals surface area contributed by atoms with Crippen molar-refractivity contribution in [2.45, 2.75) is 33.7 Å². The minimum atomic E-state index is -0.535. The van der Waals surface area contributed by atoms with Crippen molar-refractivity contribution in [1.29, 1.82) is 0 Å². The number of carbonyl (C=O) groups is 2. The molecule has 6 heteroatoms. The molecule has 0 saturated heterocycles. The zero-order valence-electron chi connectivity index (χ0n) is 11.3. The van der Waals surface area contributed by atoms with Crippen LogP contribution in [0.25, 0.3) is 0 Å². The van der Waals surface area contributed by atoms with Crippen LogP contribution in [-0.2, 0) is 4.79 Å². The highest BCUT2D eigenvalue weighted by Crippen LogP contribution is 2.03. The highest BCUT2D eigenvalue weighted by atomic mass is 16.2. The summed E-state index contributed by atoms with van der Waals surface area (Å²) in [7, 11) is 0. The summed E-state index contributed by atoms with van der Waals surface area (Å²) in [6.45, 7) is 8.56. The van der Waals surface area contributed by atoms with E-state index >= 15 is 0 Å². The molecule has 0 aliphatic heterocycles. The van der Waals surface area contributed by atoms with Crippen molar-refractivity contribution in [3.05, 3.63) is 17.5 Å². The molecule has 18 heavy (non-hydrogen) atoms. The lowest BCUT2D eigenvalue weighted by Crippen LogP contribution is -2.46. The predicted octanol–water partition coefficient (Wildman–Crippen LogP) is 0.705. The summed E-state index contributed by atoms with van der Waals surface area (Å²) in [4.78, 5) is 25.6. The van der Waals surface area contributed by atoms with Gasteiger partial charge in [0.1, 0.15) is 6.04 Å². The van der Waals surface area contributed by atoms with Gasteiger partial charge < -0.3 is 10.2 Å². The van der Waals surface area contributed by atoms with E-state index in [1.165, 1.54) is 6.20 Å². The number of aromatic nitrogens is 2. The Bertz CT molecular complexity index is 423. The van der Waals surface area contributed by atoms with E-state index in [9.17, 15) is 9.59 Å². The number of nitrogens with zero attached hydrogens (tertiary/aromatic N) is 2. The Morgan fingerprint density at radius 1 is 1.44 bits per heavy atom. The normalized spacial score (nSPS) is 12.0. The fraction of sp³-hybridized carbons (Fsp3) is 0.583. The summed E-state index contributed by atoms with van der Waals surface area (Å²) < 4.78 is 0. The molecular formula is C12H20N4O2. The minimum Gasteiger partial charge on any atom is -0.341 e. The first-order chi connectivity index (χ1) is 8.51. The van der Waals surface area contributed by atoms with Gasteiger partial charge in [-0.15, -0.1) is 0 Å². The highest BCUT2D eigenvalue weighted by molar-refractivity contribution is 5.98. The molecule has 2 N–H and O–H groups in total. The van der Waals surface area contributed by atoms with Crippen LogP contribution in [0.3, 0.4) is 0 Å². The summed E-state index contributed by atoms with van der Waals surface area (Å²) in [5, 5.41) is 9.15. The maximum absolute atomic E-state index is 12.0. The van der Waals surface area contributed by atoms with Crippen molar-refractivity contribution < 1.29 is 9.59 Å². The number of rotatable bonds is 5. The largest absolute Gasteiger partial charge is 0.341 e. The Balaban J connectivity index is 2.65. The molecule has 0 spiro atoms. The average Bonchev–Trinajstić information content (AvgIpc) is 2.76. The molecule has 0 aliphatic rings. The Hall–Kier alpha value is -1.85. The van der Waals surface area contributed by atoms with Crippen LogP contribution in [0.15, 0.2) is 6.20 Å². The van der Waals surface area contributed by atoms with Gasteiger partial charge in [-0.2, -0.15) is 5.10 Å². The lowest BCUT2D eigenvalue weighted by atomic mass is 10.2. The SMILES string of the molecule is CCN(CC)C(=O)C(C)NC(=O)c1cn[nH]c1C. The summed E-state index contributed by atoms with van der Waals surface area (Å²) in [6, 6.07) is -0.535. The Labute approximate surface area is 107 Å². The van der Waals surface area contributed by atoms with Crippen molar-refractivity contribution in [3.8, 4) is 0 Å². The van der Waals surface area contributed by atoms with Crippen molar-refractivity contribution >= 4 is 11.8 Å². The lowest BCUT2D eigenvalue weighted by molar-refractivity contribution is -0.132. The first-order valence-electron chi connectivity index (χ1n) is 6.10. The molecule has 1 unspecified atom stereocenters. The highest BCUT2D eigenvalue weighted by Gasteiger charge is 2.21. The molecule has 1 atom stereocenters. The van der Waals surface area contributed by atoms with E-state index in [0.717, 1.165) is 0 Å². The number of hydrogen-bond acceptors (Lipinski definition) is 3. The summed E-state index contributed by atoms with van der Waals surface area (Å²) in [6.07, 6.45) is 1.46. The standard InChI is InChI=1S/C12H20N4O2/c1-5-16(6-2)12(18)9(4)14-11(17)10-7-13-15-8(10)3/h7,9H,5-6H2,1-4H3,(H,13,15)(H,14,17). The zero-order valence-corrected chi connectivity index (χ0v) is 11.3. The molecule has 0 fully saturated rings. The Morgan fingerprint density at radius 3 is 2.50 bits per heavy atom. The first-order valence-corrected chi connectivity index (χ1v) is 6.10. The van der Waals surface area contributed by atoms with Crippen LogP contribution in [0.2, 0.25) is 0 Å². The topological polar surface area (TPSA) is 78.1 Å². The molecular weight excluding hydrogens is 232 g/mol. The molecule has 1 heterocycles. The van der Waals surface area contributed by atoms with E-state index in [2.05, 4.69) is 15.5 Å². The molecule has 100 valence electrons. The van der Waals surface area contributed by atoms with Crippen LogP contribution >= 0.6 is 0 Å². The van der Waals surface area contributed by atoms with Gasteiger partial charge in [0.25, 0.3) is 5.91 Å². The van der Waals surface area contributed by atoms with Gasteiger partial charge >= 0.3 is 0 Å². The molecule has 0 saturated carbocycles. The quantitative estimate of drug-likeness (QED) is 0.810. The number of carbonyl (C=O) groups excluding carboxylic acids is 2. The van der Waals surface area contributed by atoms with Crippen molar-refractivity contribution in [1.82, 2.24) is 20.4 Å². The molecule has 0 aromatic carbocycles. The lowest BCUT2D eigenvalue weighted by Gasteiger charge is -2.23. The van der Waals surface area contributed by atoms with E-state index in [1.807, 2.05) is 13.8 Å². The second kappa shape index (κ2) is 6.18. The molecule has 6 nitrogen and oxygen atoms in total. The summed E-state index contributed by atoms with van der Waals surface area (Å²) >= 11 is 0. The van der Waals surface area contributed by atoms with Crippen LogP contribution in [0, 0.1) is 6.92 Å². The average molecular weight is 252 g/mol. The van der Waals surface area contributed by atoms with E-state index in [0.29, 0.717) is 24.3 Å². The first kappa shape index (κ1) is 14.2. The van der Waals surface area contributed by atoms with E-state index in [1.54, 1.807) is 18.7 Å². The van der Waals surface area contributed by atoms with Gasteiger partial charge in [0.05, 0.1) is 11.8 Å². The summed E-state index contributed by atoms with van der Waals surface area (Å²) in [5.41, 5.74) is 1.16. The van der Waals surface area contributed by atoms with Gasteiger partial charge in [-0.1, -0.05) is 0 Å². The Morgan fingerprint density at radius 2 is 2.06 bits per heavy atom. The number of nitrogens with one attached hydrogen (secondary N) is 2. The molecule has 0 bridgehead atoms. The van der Waals surface area contributed by atoms with Crippen LogP contribution in [0.5, 0.6) is 0 Å². The molecule has 1 aromatic rings. The van der Waals surface area contributed by atoms with Gasteiger partial charge in [-0.3, -0.25) is 14.7 Å². The van der Waals surface area contributed by atoms with Gasteiger partial charge in [-0.25, -0.2) is 0 Å². The second-order valence-corrected chi connectivity index (χ2v) is 4.11. The van der Waals surface area contributed by atoms with E-state index in [-0.39, 0.29) is 11.8 Å². The predicted molar refractivity (Wildman–Crippen MR) is 68.2 cm³/mol. The Kier molecular flexibility index (Phi) is 4.88. The molecule has 0 aliphatic carbocycles. The van der Waals surface area contributed by atoms with Crippen LogP contribution in [0.1, 0.15) is 36.8 Å². The molecule has 2 amide bonds. The maximum atomic E-state index is 12.0. The monoisotopic (exact) mass is 252 g/mol. The van der Waals surface area contributed by atoms with Gasteiger partial charge in [-0.05, 0) is 27.7 Å². The number of aryl methyl sites for hydroxylation is 1. The zero-order chi connectivity index (χ0) is 13.7. The van der Waals surface area contributed by atoms with Gasteiger partial charge in [0, 0.05) is 18.8 Å². The fourth-order valence-corrected chi connectivity index (χ4v) is 1.72. The minimum absolute atomic E-state index is 0.0745. The maximum Gasteiger partial charge on any atom is 0.255 e. The number of hydrogen-bond donors (Lipinski definition) is 2. The van der Waals surface area contributed by atoms with Crippen LogP contribution in [-0.4, -0.2) is 46.0 Å². The van der Waals surface area contributed by atoms with Crippen LogP contribution in [0.4, 0.5) is 0 Å². The van der Waals surface area contributed by atoms with E-state index in [4.69, 9.17) is 0 Å². The van der Waals surface area contributed by atoms with Crippen molar-refractivity contribution in [2.24, 2.45) is 0 Å². The second-order valence-electron chi connectivity index (χ2n) is 4.11. The van der Waals surface area contributed by atoms with Gasteiger partial charge in [0.2, 0.25) is 5.91 Å². The third kappa shape index (κ3) is 3.09. The van der Waals surface area contributed by atoms with Crippen molar-refractivity contribution in [2.75, 3.05) is 13.1 Å². The van der Waals surface area contributed by atoms with E-state index < -0.39 is 6.04 Å². The smallest absolute Gasteiger partial charge is 0.255 e. The van der Waals surface area contributed by atoms with Crippen molar-refractivity contribution in [3.63, 3.8) is 0 Å². The van der Waals surface area contributed by atoms with Gasteiger partial charge in [0.15, 0.2) is 0 Å². The molecule has 1 aromatic heterocycles. The third-order valence-electron chi connectivity index (χ3n) is 2.87. The molecule has 1 rings (SSSR count). The third-order valence-corrected chi connectivity index (χ3v) is 2.87. The van der Waals surface area contributed by atoms with Crippen LogP contribution < -0.4 is 5.32 Å². The number of H-pyrrole nitrogens is 1. The number of aromatic amines is 1. The molecule has 0 radical (unpaired) electrons. The fourth-order valence-electron chi connectivity index (χ4n) is 1.72. The summed E-state index contributed by atoms with van der Waals surface area (Å²) in [5.74, 6) is -0.358.